The van der Waals surface area contributed by atoms with Crippen LogP contribution < -0.4 is 33.2 Å². The van der Waals surface area contributed by atoms with E-state index in [0.717, 1.165) is 0 Å². The summed E-state index contributed by atoms with van der Waals surface area (Å²) in [6.07, 6.45) is 1.34. The van der Waals surface area contributed by atoms with E-state index in [-0.39, 0.29) is 37.2 Å². The number of rotatable bonds is 15. The smallest absolute Gasteiger partial charge is 0.326 e. The number of aliphatic imine (C=N–C) groups is 1. The minimum atomic E-state index is -1.20. The lowest BCUT2D eigenvalue weighted by molar-refractivity contribution is -0.142. The summed E-state index contributed by atoms with van der Waals surface area (Å²) in [5.41, 5.74) is 16.1. The van der Waals surface area contributed by atoms with Gasteiger partial charge in [0.25, 0.3) is 0 Å². The maximum atomic E-state index is 13.0. The predicted molar refractivity (Wildman–Crippen MR) is 126 cm³/mol. The van der Waals surface area contributed by atoms with Crippen LogP contribution >= 0.6 is 0 Å². The fraction of sp³-hybridized carbons (Fsp3) is 0.762. The third kappa shape index (κ3) is 12.1. The van der Waals surface area contributed by atoms with Crippen LogP contribution in [0.15, 0.2) is 4.99 Å². The van der Waals surface area contributed by atoms with E-state index < -0.39 is 47.9 Å². The van der Waals surface area contributed by atoms with E-state index in [1.54, 1.807) is 6.92 Å². The van der Waals surface area contributed by atoms with Gasteiger partial charge in [-0.2, -0.15) is 0 Å². The lowest BCUT2D eigenvalue weighted by atomic mass is 9.96. The average Bonchev–Trinajstić information content (AvgIpc) is 2.71. The van der Waals surface area contributed by atoms with E-state index in [9.17, 15) is 24.3 Å². The zero-order chi connectivity index (χ0) is 25.7. The molecule has 10 N–H and O–H groups in total. The molecule has 5 unspecified atom stereocenters. The van der Waals surface area contributed by atoms with E-state index in [4.69, 9.17) is 17.2 Å². The highest BCUT2D eigenvalue weighted by Gasteiger charge is 2.32. The Labute approximate surface area is 195 Å². The summed E-state index contributed by atoms with van der Waals surface area (Å²) < 4.78 is 0. The largest absolute Gasteiger partial charge is 0.480 e. The Kier molecular flexibility index (Phi) is 13.7. The monoisotopic (exact) mass is 471 g/mol. The van der Waals surface area contributed by atoms with Crippen molar-refractivity contribution in [2.45, 2.75) is 84.5 Å². The molecule has 0 fully saturated rings. The van der Waals surface area contributed by atoms with Crippen molar-refractivity contribution < 1.29 is 24.3 Å². The molecule has 0 saturated carbocycles. The molecule has 0 rings (SSSR count). The van der Waals surface area contributed by atoms with E-state index >= 15 is 0 Å². The highest BCUT2D eigenvalue weighted by atomic mass is 16.4. The first kappa shape index (κ1) is 30.1. The van der Waals surface area contributed by atoms with Gasteiger partial charge in [-0.3, -0.25) is 19.4 Å². The molecule has 0 aliphatic carbocycles. The van der Waals surface area contributed by atoms with Gasteiger partial charge in [-0.05, 0) is 38.0 Å². The molecule has 0 aliphatic heterocycles. The Morgan fingerprint density at radius 3 is 1.94 bits per heavy atom. The number of nitrogens with one attached hydrogen (secondary N) is 3. The molecule has 0 aromatic heterocycles. The van der Waals surface area contributed by atoms with Crippen LogP contribution in [0, 0.1) is 11.8 Å². The van der Waals surface area contributed by atoms with Gasteiger partial charge in [0, 0.05) is 6.54 Å². The number of carboxylic acids is 1. The number of carboxylic acid groups (broad SMARTS) is 1. The summed E-state index contributed by atoms with van der Waals surface area (Å²) in [7, 11) is 0. The van der Waals surface area contributed by atoms with E-state index in [0.29, 0.717) is 12.8 Å². The van der Waals surface area contributed by atoms with Gasteiger partial charge in [-0.1, -0.05) is 34.1 Å². The molecule has 0 aromatic rings. The molecule has 190 valence electrons. The molecule has 33 heavy (non-hydrogen) atoms. The van der Waals surface area contributed by atoms with Crippen LogP contribution in [0.3, 0.4) is 0 Å². The minimum Gasteiger partial charge on any atom is -0.480 e. The number of nitrogens with two attached hydrogens (primary N) is 3. The van der Waals surface area contributed by atoms with Gasteiger partial charge in [-0.25, -0.2) is 4.79 Å². The predicted octanol–water partition coefficient (Wildman–Crippen LogP) is -0.982. The molecule has 12 nitrogen and oxygen atoms in total. The van der Waals surface area contributed by atoms with Gasteiger partial charge in [0.1, 0.15) is 18.1 Å². The molecular formula is C21H41N7O5. The van der Waals surface area contributed by atoms with Crippen molar-refractivity contribution in [2.24, 2.45) is 34.0 Å². The molecule has 0 radical (unpaired) electrons. The van der Waals surface area contributed by atoms with Crippen molar-refractivity contribution in [2.75, 3.05) is 6.54 Å². The van der Waals surface area contributed by atoms with E-state index in [1.165, 1.54) is 6.92 Å². The molecule has 0 aliphatic rings. The first-order valence-electron chi connectivity index (χ1n) is 11.2. The zero-order valence-corrected chi connectivity index (χ0v) is 20.3. The number of guanidine groups is 1. The standard InChI is InChI=1S/C21H41N7O5/c1-6-12(4)16(28-17(29)13(5)22)19(31)27-15(10-11(2)3)18(30)26-14(20(32)33)8-7-9-25-21(23)24/h11-16H,6-10,22H2,1-5H3,(H,26,30)(H,27,31)(H,28,29)(H,32,33)(H4,23,24,25). The molecule has 12 heteroatoms. The SMILES string of the molecule is CCC(C)C(NC(=O)C(C)N)C(=O)NC(CC(C)C)C(=O)NC(CCCN=C(N)N)C(=O)O. The van der Waals surface area contributed by atoms with Crippen LogP contribution in [0.1, 0.15) is 60.3 Å². The molecule has 0 aromatic carbocycles. The molecule has 0 heterocycles. The van der Waals surface area contributed by atoms with Gasteiger partial charge < -0.3 is 38.3 Å². The molecule has 5 atom stereocenters. The Hall–Kier alpha value is -2.89. The first-order chi connectivity index (χ1) is 15.3. The highest BCUT2D eigenvalue weighted by molar-refractivity contribution is 5.94. The number of aliphatic carboxylic acids is 1. The van der Waals surface area contributed by atoms with Crippen LogP contribution in [0.4, 0.5) is 0 Å². The maximum absolute atomic E-state index is 13.0. The fourth-order valence-electron chi connectivity index (χ4n) is 2.98. The summed E-state index contributed by atoms with van der Waals surface area (Å²) in [5.74, 6) is -3.11. The minimum absolute atomic E-state index is 0.0342. The summed E-state index contributed by atoms with van der Waals surface area (Å²) in [6.45, 7) is 9.17. The van der Waals surface area contributed by atoms with Crippen molar-refractivity contribution in [1.29, 1.82) is 0 Å². The summed E-state index contributed by atoms with van der Waals surface area (Å²) in [4.78, 5) is 53.4. The van der Waals surface area contributed by atoms with Gasteiger partial charge in [0.15, 0.2) is 5.96 Å². The number of carbonyl (C=O) groups excluding carboxylic acids is 3. The normalized spacial score (nSPS) is 15.5. The molecule has 0 spiro atoms. The number of carbonyl (C=O) groups is 4. The average molecular weight is 472 g/mol. The van der Waals surface area contributed by atoms with Crippen molar-refractivity contribution in [3.63, 3.8) is 0 Å². The number of hydrogen-bond donors (Lipinski definition) is 7. The van der Waals surface area contributed by atoms with Crippen LogP contribution in [-0.2, 0) is 19.2 Å². The second-order valence-corrected chi connectivity index (χ2v) is 8.70. The van der Waals surface area contributed by atoms with Gasteiger partial charge in [0.05, 0.1) is 6.04 Å². The van der Waals surface area contributed by atoms with Crippen LogP contribution in [0.25, 0.3) is 0 Å². The van der Waals surface area contributed by atoms with Crippen LogP contribution in [0.2, 0.25) is 0 Å². The Morgan fingerprint density at radius 1 is 0.909 bits per heavy atom. The maximum Gasteiger partial charge on any atom is 0.326 e. The topological polar surface area (TPSA) is 215 Å². The van der Waals surface area contributed by atoms with Crippen LogP contribution in [0.5, 0.6) is 0 Å². The second kappa shape index (κ2) is 15.0. The third-order valence-electron chi connectivity index (χ3n) is 5.11. The highest BCUT2D eigenvalue weighted by Crippen LogP contribution is 2.11. The van der Waals surface area contributed by atoms with Crippen LogP contribution in [-0.4, -0.2) is 65.5 Å². The number of nitrogens with zero attached hydrogens (tertiary/aromatic N) is 1. The summed E-state index contributed by atoms with van der Waals surface area (Å²) in [6, 6.07) is -3.82. The second-order valence-electron chi connectivity index (χ2n) is 8.70. The Morgan fingerprint density at radius 2 is 1.48 bits per heavy atom. The molecule has 0 saturated heterocycles. The van der Waals surface area contributed by atoms with Gasteiger partial charge in [-0.15, -0.1) is 0 Å². The van der Waals surface area contributed by atoms with Crippen molar-refractivity contribution in [3.05, 3.63) is 0 Å². The van der Waals surface area contributed by atoms with Crippen molar-refractivity contribution in [1.82, 2.24) is 16.0 Å². The Bertz CT molecular complexity index is 692. The van der Waals surface area contributed by atoms with Crippen molar-refractivity contribution in [3.8, 4) is 0 Å². The lowest BCUT2D eigenvalue weighted by Crippen LogP contribution is -2.58. The first-order valence-corrected chi connectivity index (χ1v) is 11.2. The number of hydrogen-bond acceptors (Lipinski definition) is 6. The number of amides is 3. The summed E-state index contributed by atoms with van der Waals surface area (Å²) in [5, 5.41) is 17.3. The fourth-order valence-corrected chi connectivity index (χ4v) is 2.98. The molecular weight excluding hydrogens is 430 g/mol. The van der Waals surface area contributed by atoms with Crippen molar-refractivity contribution >= 4 is 29.7 Å². The quantitative estimate of drug-likeness (QED) is 0.0892. The van der Waals surface area contributed by atoms with Gasteiger partial charge in [0.2, 0.25) is 17.7 Å². The zero-order valence-electron chi connectivity index (χ0n) is 20.3. The van der Waals surface area contributed by atoms with E-state index in [2.05, 4.69) is 20.9 Å². The molecule has 0 bridgehead atoms. The Balaban J connectivity index is 5.42. The van der Waals surface area contributed by atoms with E-state index in [1.807, 2.05) is 20.8 Å². The third-order valence-corrected chi connectivity index (χ3v) is 5.11. The lowest BCUT2D eigenvalue weighted by Gasteiger charge is -2.28. The summed E-state index contributed by atoms with van der Waals surface area (Å²) >= 11 is 0. The molecule has 3 amide bonds. The van der Waals surface area contributed by atoms with Gasteiger partial charge >= 0.3 is 5.97 Å².